The Hall–Kier alpha value is -0.830. The molecule has 5 aliphatic rings. The SMILES string of the molecule is Clc1nc2c(c(NCCC34CC5CC(CC(C5)C3)C4)n1)CCCC2. The van der Waals surface area contributed by atoms with Crippen LogP contribution in [0.5, 0.6) is 0 Å². The van der Waals surface area contributed by atoms with Gasteiger partial charge in [-0.05, 0) is 105 Å². The number of anilines is 1. The largest absolute Gasteiger partial charge is 0.370 e. The maximum Gasteiger partial charge on any atom is 0.224 e. The van der Waals surface area contributed by atoms with Crippen LogP contribution in [0, 0.1) is 23.2 Å². The molecule has 1 aromatic rings. The molecule has 6 rings (SSSR count). The molecule has 4 heteroatoms. The Balaban J connectivity index is 1.28. The van der Waals surface area contributed by atoms with Crippen LogP contribution < -0.4 is 5.32 Å². The summed E-state index contributed by atoms with van der Waals surface area (Å²) in [6.45, 7) is 1.05. The number of aromatic nitrogens is 2. The lowest BCUT2D eigenvalue weighted by Crippen LogP contribution is -2.46. The van der Waals surface area contributed by atoms with Gasteiger partial charge in [0.25, 0.3) is 0 Å². The zero-order valence-electron chi connectivity index (χ0n) is 14.5. The molecule has 0 spiro atoms. The van der Waals surface area contributed by atoms with Crippen LogP contribution >= 0.6 is 11.6 Å². The van der Waals surface area contributed by atoms with Gasteiger partial charge < -0.3 is 5.32 Å². The van der Waals surface area contributed by atoms with Crippen LogP contribution in [0.2, 0.25) is 5.28 Å². The number of rotatable bonds is 4. The minimum Gasteiger partial charge on any atom is -0.370 e. The van der Waals surface area contributed by atoms with Gasteiger partial charge in [0, 0.05) is 12.1 Å². The molecule has 1 N–H and O–H groups in total. The highest BCUT2D eigenvalue weighted by Crippen LogP contribution is 2.61. The molecule has 0 saturated heterocycles. The van der Waals surface area contributed by atoms with Crippen LogP contribution in [0.1, 0.15) is 69.0 Å². The summed E-state index contributed by atoms with van der Waals surface area (Å²) in [4.78, 5) is 8.96. The van der Waals surface area contributed by atoms with Crippen molar-refractivity contribution in [3.8, 4) is 0 Å². The average molecular weight is 346 g/mol. The molecule has 0 radical (unpaired) electrons. The first-order chi connectivity index (χ1) is 11.7. The predicted molar refractivity (Wildman–Crippen MR) is 97.4 cm³/mol. The van der Waals surface area contributed by atoms with Gasteiger partial charge in [-0.2, -0.15) is 0 Å². The number of fused-ring (bicyclic) bond motifs is 1. The number of hydrogen-bond donors (Lipinski definition) is 1. The molecule has 0 aromatic carbocycles. The van der Waals surface area contributed by atoms with Crippen molar-refractivity contribution in [3.63, 3.8) is 0 Å². The van der Waals surface area contributed by atoms with E-state index in [0.29, 0.717) is 10.7 Å². The van der Waals surface area contributed by atoms with Crippen molar-refractivity contribution in [1.82, 2.24) is 9.97 Å². The second-order valence-electron chi connectivity index (χ2n) is 9.07. The lowest BCUT2D eigenvalue weighted by atomic mass is 9.49. The van der Waals surface area contributed by atoms with E-state index < -0.39 is 0 Å². The van der Waals surface area contributed by atoms with E-state index >= 15 is 0 Å². The second kappa shape index (κ2) is 5.86. The molecule has 4 bridgehead atoms. The molecule has 0 amide bonds. The van der Waals surface area contributed by atoms with Gasteiger partial charge in [0.1, 0.15) is 5.82 Å². The maximum atomic E-state index is 6.16. The lowest BCUT2D eigenvalue weighted by Gasteiger charge is -2.57. The summed E-state index contributed by atoms with van der Waals surface area (Å²) in [5.74, 6) is 4.14. The van der Waals surface area contributed by atoms with Gasteiger partial charge >= 0.3 is 0 Å². The molecule has 4 saturated carbocycles. The minimum atomic E-state index is 0.410. The molecule has 1 aromatic heterocycles. The highest BCUT2D eigenvalue weighted by Gasteiger charge is 2.50. The molecule has 1 heterocycles. The fraction of sp³-hybridized carbons (Fsp3) is 0.800. The topological polar surface area (TPSA) is 37.8 Å². The van der Waals surface area contributed by atoms with E-state index in [2.05, 4.69) is 15.3 Å². The molecular weight excluding hydrogens is 318 g/mol. The van der Waals surface area contributed by atoms with E-state index in [1.807, 2.05) is 0 Å². The molecule has 5 aliphatic carbocycles. The number of nitrogens with one attached hydrogen (secondary N) is 1. The molecule has 4 fully saturated rings. The van der Waals surface area contributed by atoms with Crippen LogP contribution in [0.3, 0.4) is 0 Å². The van der Waals surface area contributed by atoms with Crippen LogP contribution in [-0.4, -0.2) is 16.5 Å². The smallest absolute Gasteiger partial charge is 0.224 e. The average Bonchev–Trinajstić information content (AvgIpc) is 2.53. The quantitative estimate of drug-likeness (QED) is 0.778. The first kappa shape index (κ1) is 15.4. The van der Waals surface area contributed by atoms with E-state index in [1.54, 1.807) is 0 Å². The zero-order chi connectivity index (χ0) is 16.1. The van der Waals surface area contributed by atoms with Gasteiger partial charge in [-0.3, -0.25) is 0 Å². The molecular formula is C20H28ClN3. The fourth-order valence-corrected chi connectivity index (χ4v) is 6.94. The van der Waals surface area contributed by atoms with Gasteiger partial charge in [0.2, 0.25) is 5.28 Å². The molecule has 24 heavy (non-hydrogen) atoms. The molecule has 0 atom stereocenters. The van der Waals surface area contributed by atoms with E-state index in [4.69, 9.17) is 11.6 Å². The second-order valence-corrected chi connectivity index (χ2v) is 9.41. The Morgan fingerprint density at radius 3 is 2.33 bits per heavy atom. The van der Waals surface area contributed by atoms with E-state index in [-0.39, 0.29) is 0 Å². The summed E-state index contributed by atoms with van der Waals surface area (Å²) in [7, 11) is 0. The number of hydrogen-bond acceptors (Lipinski definition) is 3. The Morgan fingerprint density at radius 1 is 0.958 bits per heavy atom. The van der Waals surface area contributed by atoms with Crippen molar-refractivity contribution in [2.24, 2.45) is 23.2 Å². The number of halogens is 1. The Kier molecular flexibility index (Phi) is 3.77. The van der Waals surface area contributed by atoms with Crippen molar-refractivity contribution in [2.75, 3.05) is 11.9 Å². The van der Waals surface area contributed by atoms with Crippen LogP contribution in [0.4, 0.5) is 5.82 Å². The standard InChI is InChI=1S/C20H28ClN3/c21-19-23-17-4-2-1-3-16(17)18(24-19)22-6-5-20-10-13-7-14(11-20)9-15(8-13)12-20/h13-15H,1-12H2,(H,22,23,24). The Morgan fingerprint density at radius 2 is 1.62 bits per heavy atom. The minimum absolute atomic E-state index is 0.410. The fourth-order valence-electron chi connectivity index (χ4n) is 6.75. The Bertz CT molecular complexity index is 607. The van der Waals surface area contributed by atoms with Gasteiger partial charge in [-0.15, -0.1) is 0 Å². The monoisotopic (exact) mass is 345 g/mol. The van der Waals surface area contributed by atoms with Crippen molar-refractivity contribution < 1.29 is 0 Å². The third-order valence-electron chi connectivity index (χ3n) is 7.27. The van der Waals surface area contributed by atoms with Gasteiger partial charge in [0.15, 0.2) is 0 Å². The number of nitrogens with zero attached hydrogens (tertiary/aromatic N) is 2. The first-order valence-corrected chi connectivity index (χ1v) is 10.4. The summed E-state index contributed by atoms with van der Waals surface area (Å²) in [5.41, 5.74) is 3.15. The predicted octanol–water partition coefficient (Wildman–Crippen LogP) is 5.03. The van der Waals surface area contributed by atoms with Gasteiger partial charge in [-0.25, -0.2) is 9.97 Å². The third kappa shape index (κ3) is 2.73. The summed E-state index contributed by atoms with van der Waals surface area (Å²) in [6, 6.07) is 0. The van der Waals surface area contributed by atoms with E-state index in [0.717, 1.165) is 43.0 Å². The van der Waals surface area contributed by atoms with Crippen LogP contribution in [0.25, 0.3) is 0 Å². The van der Waals surface area contributed by atoms with E-state index in [9.17, 15) is 0 Å². The molecule has 3 nitrogen and oxygen atoms in total. The van der Waals surface area contributed by atoms with Crippen molar-refractivity contribution >= 4 is 17.4 Å². The van der Waals surface area contributed by atoms with Gasteiger partial charge in [0.05, 0.1) is 5.69 Å². The third-order valence-corrected chi connectivity index (χ3v) is 7.44. The van der Waals surface area contributed by atoms with Gasteiger partial charge in [-0.1, -0.05) is 0 Å². The highest BCUT2D eigenvalue weighted by atomic mass is 35.5. The normalized spacial score (nSPS) is 36.6. The van der Waals surface area contributed by atoms with Crippen molar-refractivity contribution in [3.05, 3.63) is 16.5 Å². The highest BCUT2D eigenvalue weighted by molar-refractivity contribution is 6.28. The molecule has 0 unspecified atom stereocenters. The zero-order valence-corrected chi connectivity index (χ0v) is 15.2. The maximum absolute atomic E-state index is 6.16. The number of aryl methyl sites for hydroxylation is 1. The summed E-state index contributed by atoms with van der Waals surface area (Å²) in [5, 5.41) is 4.06. The van der Waals surface area contributed by atoms with Crippen molar-refractivity contribution in [1.29, 1.82) is 0 Å². The summed E-state index contributed by atoms with van der Waals surface area (Å²) >= 11 is 6.16. The van der Waals surface area contributed by atoms with E-state index in [1.165, 1.54) is 69.0 Å². The first-order valence-electron chi connectivity index (χ1n) is 9.98. The lowest BCUT2D eigenvalue weighted by molar-refractivity contribution is -0.0552. The van der Waals surface area contributed by atoms with Crippen molar-refractivity contribution in [2.45, 2.75) is 70.6 Å². The summed E-state index contributed by atoms with van der Waals surface area (Å²) < 4.78 is 0. The molecule has 0 aliphatic heterocycles. The van der Waals surface area contributed by atoms with Crippen LogP contribution in [0.15, 0.2) is 0 Å². The molecule has 130 valence electrons. The summed E-state index contributed by atoms with van der Waals surface area (Å²) in [6.07, 6.45) is 15.0. The van der Waals surface area contributed by atoms with Crippen LogP contribution in [-0.2, 0) is 12.8 Å². The Labute approximate surface area is 150 Å².